The van der Waals surface area contributed by atoms with Gasteiger partial charge in [-0.15, -0.1) is 0 Å². The lowest BCUT2D eigenvalue weighted by atomic mass is 10.0. The molecule has 8 aromatic carbocycles. The summed E-state index contributed by atoms with van der Waals surface area (Å²) in [7, 11) is 0. The molecule has 0 radical (unpaired) electrons. The maximum atomic E-state index is 16.1. The number of carbonyl (C=O) groups excluding carboxylic acids is 12. The number of carbonyl (C=O) groups is 12. The van der Waals surface area contributed by atoms with Crippen molar-refractivity contribution in [1.82, 2.24) is 59.2 Å². The quantitative estimate of drug-likeness (QED) is 0.0257. The van der Waals surface area contributed by atoms with Gasteiger partial charge in [0.2, 0.25) is 70.9 Å². The Bertz CT molecular complexity index is 4900. The first-order chi connectivity index (χ1) is 64.1. The Kier molecular flexibility index (Phi) is 44.1. The van der Waals surface area contributed by atoms with E-state index < -0.39 is 179 Å². The van der Waals surface area contributed by atoms with E-state index >= 15 is 43.2 Å². The summed E-state index contributed by atoms with van der Waals surface area (Å²) in [6, 6.07) is 67.4. The summed E-state index contributed by atoms with van der Waals surface area (Å²) in [6.07, 6.45) is 6.41. The first-order valence-corrected chi connectivity index (χ1v) is 47.1. The predicted molar refractivity (Wildman–Crippen MR) is 520 cm³/mol. The van der Waals surface area contributed by atoms with Gasteiger partial charge in [-0.25, -0.2) is 0 Å². The Morgan fingerprint density at radius 3 is 0.617 bits per heavy atom. The highest BCUT2D eigenvalue weighted by Gasteiger charge is 2.40. The smallest absolute Gasteiger partial charge is 0.243 e. The summed E-state index contributed by atoms with van der Waals surface area (Å²) in [5, 5.41) is 3.28. The minimum atomic E-state index is -0.846. The van der Waals surface area contributed by atoms with Crippen LogP contribution in [0, 0.1) is 0 Å². The molecule has 0 spiro atoms. The van der Waals surface area contributed by atoms with Crippen LogP contribution in [0.3, 0.4) is 0 Å². The number of amides is 12. The van der Waals surface area contributed by atoms with E-state index in [0.29, 0.717) is 72.9 Å². The van der Waals surface area contributed by atoms with Crippen LogP contribution in [0.1, 0.15) is 226 Å². The maximum absolute atomic E-state index is 16.1. The van der Waals surface area contributed by atoms with E-state index in [2.05, 4.69) is 12.2 Å². The zero-order valence-corrected chi connectivity index (χ0v) is 79.6. The van der Waals surface area contributed by atoms with Crippen molar-refractivity contribution in [1.29, 1.82) is 0 Å². The van der Waals surface area contributed by atoms with Crippen LogP contribution in [0.25, 0.3) is 0 Å². The van der Waals surface area contributed by atoms with Gasteiger partial charge in [-0.3, -0.25) is 57.5 Å². The van der Waals surface area contributed by atoms with Crippen LogP contribution < -0.4 is 22.5 Å². The number of primary amides is 1. The fourth-order valence-corrected chi connectivity index (χ4v) is 16.6. The van der Waals surface area contributed by atoms with Crippen LogP contribution in [0.4, 0.5) is 0 Å². The van der Waals surface area contributed by atoms with Gasteiger partial charge in [0.25, 0.3) is 0 Å². The van der Waals surface area contributed by atoms with Gasteiger partial charge >= 0.3 is 0 Å². The molecule has 0 aliphatic carbocycles. The van der Waals surface area contributed by atoms with Crippen molar-refractivity contribution in [2.45, 2.75) is 182 Å². The summed E-state index contributed by atoms with van der Waals surface area (Å²) in [4.78, 5) is 199. The molecule has 0 heterocycles. The molecule has 0 saturated carbocycles. The molecule has 133 heavy (non-hydrogen) atoms. The Balaban J connectivity index is 1.12. The van der Waals surface area contributed by atoms with Crippen LogP contribution in [0.15, 0.2) is 243 Å². The Labute approximate surface area is 787 Å². The molecule has 8 atom stereocenters. The highest BCUT2D eigenvalue weighted by atomic mass is 16.2. The average molecular weight is 1820 g/mol. The number of nitrogens with zero attached hydrogens (tertiary/aromatic N) is 11. The molecule has 712 valence electrons. The number of nitrogens with one attached hydrogen (secondary N) is 1. The first-order valence-electron chi connectivity index (χ1n) is 47.1. The second-order valence-electron chi connectivity index (χ2n) is 34.4. The monoisotopic (exact) mass is 1820 g/mol. The van der Waals surface area contributed by atoms with Gasteiger partial charge in [0.1, 0.15) is 45.8 Å². The van der Waals surface area contributed by atoms with Crippen molar-refractivity contribution in [3.05, 3.63) is 287 Å². The average Bonchev–Trinajstić information content (AvgIpc) is 0.835. The molecule has 0 fully saturated rings. The molecule has 0 aliphatic heterocycles. The van der Waals surface area contributed by atoms with E-state index in [4.69, 9.17) is 17.2 Å². The molecule has 27 nitrogen and oxygen atoms in total. The maximum Gasteiger partial charge on any atom is 0.243 e. The molecule has 0 aromatic heterocycles. The molecule has 8 rings (SSSR count). The summed E-state index contributed by atoms with van der Waals surface area (Å²) in [5.41, 5.74) is 23.6. The number of hydrogen-bond donors (Lipinski definition) is 4. The highest BCUT2D eigenvalue weighted by Crippen LogP contribution is 2.32. The first kappa shape index (κ1) is 106. The minimum Gasteiger partial charge on any atom is -0.368 e. The fraction of sp³-hybridized carbons (Fsp3) is 0.434. The van der Waals surface area contributed by atoms with Gasteiger partial charge in [-0.1, -0.05) is 282 Å². The van der Waals surface area contributed by atoms with Crippen LogP contribution >= 0.6 is 0 Å². The molecule has 12 amide bonds. The molecule has 0 unspecified atom stereocenters. The summed E-state index contributed by atoms with van der Waals surface area (Å²) in [5.74, 6) is -7.10. The Hall–Kier alpha value is -12.7. The van der Waals surface area contributed by atoms with Crippen molar-refractivity contribution in [3.63, 3.8) is 0 Å². The van der Waals surface area contributed by atoms with E-state index in [1.807, 2.05) is 239 Å². The molecule has 0 saturated heterocycles. The van der Waals surface area contributed by atoms with Crippen molar-refractivity contribution in [2.75, 3.05) is 118 Å². The third-order valence-electron chi connectivity index (χ3n) is 25.1. The van der Waals surface area contributed by atoms with Crippen molar-refractivity contribution < 1.29 is 57.5 Å². The number of benzene rings is 8. The van der Waals surface area contributed by atoms with Crippen molar-refractivity contribution in [3.8, 4) is 0 Å². The van der Waals surface area contributed by atoms with Gasteiger partial charge in [0, 0.05) is 19.6 Å². The van der Waals surface area contributed by atoms with E-state index in [0.717, 1.165) is 42.4 Å². The number of unbranched alkanes of at least 4 members (excludes halogenated alkanes) is 6. The van der Waals surface area contributed by atoms with E-state index in [9.17, 15) is 14.4 Å². The second-order valence-corrected chi connectivity index (χ2v) is 34.4. The van der Waals surface area contributed by atoms with E-state index in [1.54, 1.807) is 70.7 Å². The standard InChI is InChI=1S/C106H141N15O12/c1-11-13-41-63-110-67-96(123)115(80(4)88-47-25-16-26-48-88)75-104(131)116(81(5)89-49-27-17-28-50-89)72-97(124)111(64-42-14-12-2)69-100(127)120(85(9)93-57-35-21-36-58-93)77-105(132)117(82(6)90-51-29-18-30-52-90)74-99(126)113(66-44-40-62-108)71-102(129)121(86(10)94-59-37-22-38-60-94)78-106(133)118(83(7)91-53-31-19-32-54-91)73-98(125)112(65-43-39-61-107)70-101(128)119(84(8)92-55-33-20-34-56-92)76-103(130)114(68-95(109)122)79(3)87-45-23-15-24-46-87/h15-38,45-60,79-86,110H,11-14,39-44,61-78,107-108H2,1-10H3,(H2,109,122)/t79-,80-,81+,82+,83+,84-,85-,86-/m0/s1. The van der Waals surface area contributed by atoms with Crippen LogP contribution in [0.5, 0.6) is 0 Å². The molecular formula is C106H141N15O12. The zero-order valence-electron chi connectivity index (χ0n) is 79.6. The molecule has 7 N–H and O–H groups in total. The van der Waals surface area contributed by atoms with Gasteiger partial charge in [-0.2, -0.15) is 0 Å². The third-order valence-corrected chi connectivity index (χ3v) is 25.1. The number of rotatable bonds is 56. The topological polar surface area (TPSA) is 331 Å². The van der Waals surface area contributed by atoms with Gasteiger partial charge in [0.05, 0.1) is 81.1 Å². The normalized spacial score (nSPS) is 12.9. The lowest BCUT2D eigenvalue weighted by molar-refractivity contribution is -0.152. The molecule has 0 bridgehead atoms. The fourth-order valence-electron chi connectivity index (χ4n) is 16.6. The predicted octanol–water partition coefficient (Wildman–Crippen LogP) is 13.1. The van der Waals surface area contributed by atoms with Gasteiger partial charge in [-0.05, 0) is 158 Å². The van der Waals surface area contributed by atoms with Crippen molar-refractivity contribution in [2.24, 2.45) is 17.2 Å². The number of hydrogen-bond acceptors (Lipinski definition) is 15. The molecule has 27 heteroatoms. The van der Waals surface area contributed by atoms with Crippen LogP contribution in [-0.2, 0) is 57.5 Å². The van der Waals surface area contributed by atoms with E-state index in [-0.39, 0.29) is 51.7 Å². The summed E-state index contributed by atoms with van der Waals surface area (Å²) >= 11 is 0. The zero-order chi connectivity index (χ0) is 96.3. The molecule has 8 aromatic rings. The van der Waals surface area contributed by atoms with Crippen LogP contribution in [-0.4, -0.2) is 243 Å². The lowest BCUT2D eigenvalue weighted by Crippen LogP contribution is -2.54. The molecular weight excluding hydrogens is 1680 g/mol. The van der Waals surface area contributed by atoms with Gasteiger partial charge < -0.3 is 76.4 Å². The molecule has 0 aliphatic rings. The second kappa shape index (κ2) is 55.6. The third kappa shape index (κ3) is 32.3. The summed E-state index contributed by atoms with van der Waals surface area (Å²) in [6.45, 7) is 13.8. The van der Waals surface area contributed by atoms with Crippen LogP contribution in [0.2, 0.25) is 0 Å². The Morgan fingerprint density at radius 1 is 0.233 bits per heavy atom. The van der Waals surface area contributed by atoms with E-state index in [1.165, 1.54) is 49.0 Å². The largest absolute Gasteiger partial charge is 0.368 e. The SMILES string of the molecule is CCCCCNCC(=O)N(CC(=O)N(CC(=O)N(CCCCC)CC(=O)N(CC(=O)N(CC(=O)N(CCCCN)CC(=O)N(CC(=O)N(CC(=O)N(CCCCN)CC(=O)N(CC(=O)N(CC(N)=O)[C@@H](C)c1ccccc1)[C@@H](C)c1ccccc1)[C@H](C)c1ccccc1)[C@@H](C)c1ccccc1)[C@H](C)c1ccccc1)[C@@H](C)c1ccccc1)[C@H](C)c1ccccc1)[C@@H](C)c1ccccc1. The van der Waals surface area contributed by atoms with Crippen molar-refractivity contribution >= 4 is 70.9 Å². The minimum absolute atomic E-state index is 0.0109. The Morgan fingerprint density at radius 2 is 0.414 bits per heavy atom. The highest BCUT2D eigenvalue weighted by molar-refractivity contribution is 5.96. The number of nitrogens with two attached hydrogens (primary N) is 3. The lowest BCUT2D eigenvalue weighted by Gasteiger charge is -2.38. The van der Waals surface area contributed by atoms with Gasteiger partial charge in [0.15, 0.2) is 0 Å². The summed E-state index contributed by atoms with van der Waals surface area (Å²) < 4.78 is 0.